The molecule has 0 aliphatic heterocycles. The number of benzene rings is 1. The van der Waals surface area contributed by atoms with E-state index in [1.165, 1.54) is 0 Å². The van der Waals surface area contributed by atoms with E-state index in [0.29, 0.717) is 18.7 Å². The van der Waals surface area contributed by atoms with Crippen molar-refractivity contribution >= 4 is 11.5 Å². The second-order valence-electron chi connectivity index (χ2n) is 3.82. The summed E-state index contributed by atoms with van der Waals surface area (Å²) in [6.07, 6.45) is -4.72. The van der Waals surface area contributed by atoms with Gasteiger partial charge in [0.15, 0.2) is 0 Å². The smallest absolute Gasteiger partial charge is 0.383 e. The zero-order chi connectivity index (χ0) is 15.5. The fraction of sp³-hybridized carbons (Fsp3) is 0.250. The summed E-state index contributed by atoms with van der Waals surface area (Å²) in [6.45, 7) is 5.43. The van der Waals surface area contributed by atoms with Crippen LogP contribution in [0.3, 0.4) is 0 Å². The predicted octanol–water partition coefficient (Wildman–Crippen LogP) is 2.92. The van der Waals surface area contributed by atoms with Crippen LogP contribution in [0, 0.1) is 10.1 Å². The van der Waals surface area contributed by atoms with Gasteiger partial charge in [0.2, 0.25) is 5.78 Å². The van der Waals surface area contributed by atoms with Crippen molar-refractivity contribution in [2.75, 3.05) is 6.54 Å². The van der Waals surface area contributed by atoms with E-state index in [2.05, 4.69) is 11.9 Å². The number of alkyl halides is 3. The van der Waals surface area contributed by atoms with Gasteiger partial charge in [-0.25, -0.2) is 0 Å². The predicted molar refractivity (Wildman–Crippen MR) is 65.2 cm³/mol. The Bertz CT molecular complexity index is 568. The van der Waals surface area contributed by atoms with E-state index in [4.69, 9.17) is 0 Å². The summed E-state index contributed by atoms with van der Waals surface area (Å²) < 4.78 is 37.5. The highest BCUT2D eigenvalue weighted by atomic mass is 19.4. The van der Waals surface area contributed by atoms with Gasteiger partial charge < -0.3 is 5.32 Å². The van der Waals surface area contributed by atoms with Gasteiger partial charge in [-0.1, -0.05) is 6.58 Å². The van der Waals surface area contributed by atoms with Crippen molar-refractivity contribution in [3.8, 4) is 0 Å². The molecule has 1 aromatic carbocycles. The largest absolute Gasteiger partial charge is 0.416 e. The molecule has 0 fully saturated rings. The Morgan fingerprint density at radius 2 is 2.05 bits per heavy atom. The maximum atomic E-state index is 12.5. The zero-order valence-electron chi connectivity index (χ0n) is 10.5. The third-order valence-corrected chi connectivity index (χ3v) is 2.43. The summed E-state index contributed by atoms with van der Waals surface area (Å²) in [5.74, 6) is -0.813. The highest BCUT2D eigenvalue weighted by Gasteiger charge is 2.34. The van der Waals surface area contributed by atoms with Crippen LogP contribution in [0.4, 0.5) is 18.9 Å². The second-order valence-corrected chi connectivity index (χ2v) is 3.82. The average Bonchev–Trinajstić information content (AvgIpc) is 2.36. The molecule has 5 nitrogen and oxygen atoms in total. The minimum absolute atomic E-state index is 0.115. The summed E-state index contributed by atoms with van der Waals surface area (Å²) in [7, 11) is 0. The van der Waals surface area contributed by atoms with Gasteiger partial charge in [0.1, 0.15) is 5.56 Å². The van der Waals surface area contributed by atoms with Crippen LogP contribution in [-0.4, -0.2) is 17.3 Å². The molecule has 108 valence electrons. The standard InChI is InChI=1S/C12H11F3N2O3/c1-3-16-7(2)11(18)9-5-4-8(12(13,14)15)6-10(9)17(19)20/h4-6,16H,2-3H2,1H3. The molecule has 0 unspecified atom stereocenters. The molecule has 0 aliphatic rings. The Labute approximate surface area is 112 Å². The fourth-order valence-corrected chi connectivity index (χ4v) is 1.51. The molecule has 8 heteroatoms. The van der Waals surface area contributed by atoms with Crippen LogP contribution < -0.4 is 5.32 Å². The van der Waals surface area contributed by atoms with Gasteiger partial charge in [0.25, 0.3) is 5.69 Å². The minimum atomic E-state index is -4.72. The third-order valence-electron chi connectivity index (χ3n) is 2.43. The Hall–Kier alpha value is -2.38. The SMILES string of the molecule is C=C(NCC)C(=O)c1ccc(C(F)(F)F)cc1[N+](=O)[O-]. The third kappa shape index (κ3) is 3.34. The molecule has 0 amide bonds. The molecule has 1 aromatic rings. The molecule has 0 bridgehead atoms. The molecule has 0 saturated heterocycles. The van der Waals surface area contributed by atoms with E-state index >= 15 is 0 Å². The summed E-state index contributed by atoms with van der Waals surface area (Å²) in [5, 5.41) is 13.4. The highest BCUT2D eigenvalue weighted by molar-refractivity contribution is 6.10. The zero-order valence-corrected chi connectivity index (χ0v) is 10.5. The monoisotopic (exact) mass is 288 g/mol. The van der Waals surface area contributed by atoms with Crippen molar-refractivity contribution in [3.05, 3.63) is 51.7 Å². The van der Waals surface area contributed by atoms with E-state index in [1.807, 2.05) is 0 Å². The number of nitrogens with zero attached hydrogens (tertiary/aromatic N) is 1. The van der Waals surface area contributed by atoms with Gasteiger partial charge >= 0.3 is 6.18 Å². The van der Waals surface area contributed by atoms with E-state index in [-0.39, 0.29) is 5.70 Å². The fourth-order valence-electron chi connectivity index (χ4n) is 1.51. The van der Waals surface area contributed by atoms with E-state index in [1.54, 1.807) is 6.92 Å². The molecule has 0 aromatic heterocycles. The summed E-state index contributed by atoms with van der Waals surface area (Å²) in [5.41, 5.74) is -2.64. The maximum Gasteiger partial charge on any atom is 0.416 e. The van der Waals surface area contributed by atoms with Crippen LogP contribution in [0.15, 0.2) is 30.5 Å². The molecular weight excluding hydrogens is 277 g/mol. The first kappa shape index (κ1) is 15.7. The lowest BCUT2D eigenvalue weighted by molar-refractivity contribution is -0.385. The number of ketones is 1. The highest BCUT2D eigenvalue weighted by Crippen LogP contribution is 2.33. The van der Waals surface area contributed by atoms with E-state index in [0.717, 1.165) is 6.07 Å². The first-order valence-corrected chi connectivity index (χ1v) is 5.51. The minimum Gasteiger partial charge on any atom is -0.383 e. The van der Waals surface area contributed by atoms with Crippen molar-refractivity contribution in [2.45, 2.75) is 13.1 Å². The Balaban J connectivity index is 3.31. The van der Waals surface area contributed by atoms with Crippen molar-refractivity contribution < 1.29 is 22.9 Å². The summed E-state index contributed by atoms with van der Waals surface area (Å²) >= 11 is 0. The molecule has 1 rings (SSSR count). The number of Topliss-reactive ketones (excluding diaryl/α,β-unsaturated/α-hetero) is 1. The topological polar surface area (TPSA) is 72.2 Å². The lowest BCUT2D eigenvalue weighted by Gasteiger charge is -2.10. The number of halogens is 3. The number of nitro benzene ring substituents is 1. The molecule has 0 aliphatic carbocycles. The van der Waals surface area contributed by atoms with Crippen LogP contribution >= 0.6 is 0 Å². The van der Waals surface area contributed by atoms with Gasteiger partial charge in [-0.15, -0.1) is 0 Å². The molecule has 0 atom stereocenters. The number of nitro groups is 1. The lowest BCUT2D eigenvalue weighted by atomic mass is 10.0. The van der Waals surface area contributed by atoms with Crippen molar-refractivity contribution in [1.29, 1.82) is 0 Å². The van der Waals surface area contributed by atoms with E-state index in [9.17, 15) is 28.1 Å². The van der Waals surface area contributed by atoms with Crippen LogP contribution in [0.5, 0.6) is 0 Å². The van der Waals surface area contributed by atoms with Crippen LogP contribution in [0.2, 0.25) is 0 Å². The molecule has 0 heterocycles. The number of carbonyl (C=O) groups is 1. The quantitative estimate of drug-likeness (QED) is 0.391. The number of rotatable bonds is 5. The van der Waals surface area contributed by atoms with Gasteiger partial charge in [-0.2, -0.15) is 13.2 Å². The lowest BCUT2D eigenvalue weighted by Crippen LogP contribution is -2.20. The average molecular weight is 288 g/mol. The van der Waals surface area contributed by atoms with Crippen molar-refractivity contribution in [3.63, 3.8) is 0 Å². The number of allylic oxidation sites excluding steroid dienone is 1. The molecule has 0 spiro atoms. The molecule has 0 radical (unpaired) electrons. The number of hydrogen-bond acceptors (Lipinski definition) is 4. The van der Waals surface area contributed by atoms with Gasteiger partial charge in [-0.3, -0.25) is 14.9 Å². The first-order chi connectivity index (χ1) is 9.18. The number of carbonyl (C=O) groups excluding carboxylic acids is 1. The van der Waals surface area contributed by atoms with Crippen LogP contribution in [0.25, 0.3) is 0 Å². The molecule has 1 N–H and O–H groups in total. The van der Waals surface area contributed by atoms with E-state index < -0.39 is 33.7 Å². The Kier molecular flexibility index (Phi) is 4.49. The molecule has 0 saturated carbocycles. The molecular formula is C12H11F3N2O3. The first-order valence-electron chi connectivity index (χ1n) is 5.51. The second kappa shape index (κ2) is 5.72. The van der Waals surface area contributed by atoms with Crippen LogP contribution in [-0.2, 0) is 6.18 Å². The number of likely N-dealkylation sites (N-methyl/N-ethyl adjacent to an activating group) is 1. The summed E-state index contributed by atoms with van der Waals surface area (Å²) in [4.78, 5) is 21.7. The number of hydrogen-bond donors (Lipinski definition) is 1. The Morgan fingerprint density at radius 1 is 1.45 bits per heavy atom. The van der Waals surface area contributed by atoms with Gasteiger partial charge in [0, 0.05) is 12.6 Å². The van der Waals surface area contributed by atoms with Gasteiger partial charge in [0.05, 0.1) is 16.2 Å². The summed E-state index contributed by atoms with van der Waals surface area (Å²) in [6, 6.07) is 1.75. The van der Waals surface area contributed by atoms with Gasteiger partial charge in [-0.05, 0) is 19.1 Å². The molecule has 20 heavy (non-hydrogen) atoms. The number of nitrogens with one attached hydrogen (secondary N) is 1. The Morgan fingerprint density at radius 3 is 2.50 bits per heavy atom. The maximum absolute atomic E-state index is 12.5. The van der Waals surface area contributed by atoms with Crippen LogP contribution in [0.1, 0.15) is 22.8 Å². The van der Waals surface area contributed by atoms with Crippen molar-refractivity contribution in [2.24, 2.45) is 0 Å². The van der Waals surface area contributed by atoms with Crippen molar-refractivity contribution in [1.82, 2.24) is 5.32 Å². The normalized spacial score (nSPS) is 11.0.